The van der Waals surface area contributed by atoms with Crippen LogP contribution in [0.4, 0.5) is 0 Å². The summed E-state index contributed by atoms with van der Waals surface area (Å²) in [5.74, 6) is -0.306. The number of esters is 2. The van der Waals surface area contributed by atoms with Crippen LogP contribution in [0.3, 0.4) is 0 Å². The van der Waals surface area contributed by atoms with Crippen LogP contribution >= 0.6 is 0 Å². The van der Waals surface area contributed by atoms with E-state index in [-0.39, 0.29) is 11.7 Å². The predicted octanol–water partition coefficient (Wildman–Crippen LogP) is 2.33. The molecule has 0 saturated heterocycles. The second-order valence-electron chi connectivity index (χ2n) is 3.75. The SMILES string of the molecule is COC(=O)/C(=C/C=C/c1ccc(OC(C)=O)cc1)OC. The maximum absolute atomic E-state index is 11.2. The Kier molecular flexibility index (Phi) is 6.03. The van der Waals surface area contributed by atoms with Gasteiger partial charge in [0, 0.05) is 6.92 Å². The molecular formula is C15H16O5. The van der Waals surface area contributed by atoms with Crippen molar-refractivity contribution in [1.29, 1.82) is 0 Å². The lowest BCUT2D eigenvalue weighted by atomic mass is 10.2. The molecule has 1 aromatic rings. The van der Waals surface area contributed by atoms with E-state index in [0.717, 1.165) is 5.56 Å². The maximum Gasteiger partial charge on any atom is 0.373 e. The van der Waals surface area contributed by atoms with Crippen LogP contribution in [0.15, 0.2) is 42.2 Å². The number of methoxy groups -OCH3 is 2. The van der Waals surface area contributed by atoms with Gasteiger partial charge in [-0.05, 0) is 23.8 Å². The molecule has 0 N–H and O–H groups in total. The third-order valence-corrected chi connectivity index (χ3v) is 2.28. The zero-order valence-electron chi connectivity index (χ0n) is 11.6. The fourth-order valence-corrected chi connectivity index (χ4v) is 1.38. The highest BCUT2D eigenvalue weighted by atomic mass is 16.6. The van der Waals surface area contributed by atoms with Crippen LogP contribution in [0.2, 0.25) is 0 Å². The average molecular weight is 276 g/mol. The van der Waals surface area contributed by atoms with Crippen molar-refractivity contribution in [2.75, 3.05) is 14.2 Å². The molecule has 5 heteroatoms. The van der Waals surface area contributed by atoms with E-state index >= 15 is 0 Å². The predicted molar refractivity (Wildman–Crippen MR) is 73.9 cm³/mol. The smallest absolute Gasteiger partial charge is 0.373 e. The summed E-state index contributed by atoms with van der Waals surface area (Å²) in [7, 11) is 2.68. The Hall–Kier alpha value is -2.56. The van der Waals surface area contributed by atoms with Crippen molar-refractivity contribution in [2.24, 2.45) is 0 Å². The average Bonchev–Trinajstić information content (AvgIpc) is 2.44. The Labute approximate surface area is 117 Å². The number of hydrogen-bond donors (Lipinski definition) is 0. The molecule has 0 bridgehead atoms. The van der Waals surface area contributed by atoms with Crippen LogP contribution in [-0.4, -0.2) is 26.2 Å². The summed E-state index contributed by atoms with van der Waals surface area (Å²) < 4.78 is 14.3. The summed E-state index contributed by atoms with van der Waals surface area (Å²) in [6, 6.07) is 6.94. The molecule has 1 aromatic carbocycles. The largest absolute Gasteiger partial charge is 0.490 e. The zero-order chi connectivity index (χ0) is 15.0. The van der Waals surface area contributed by atoms with E-state index in [1.165, 1.54) is 27.2 Å². The van der Waals surface area contributed by atoms with Gasteiger partial charge in [0.15, 0.2) is 0 Å². The fourth-order valence-electron chi connectivity index (χ4n) is 1.38. The lowest BCUT2D eigenvalue weighted by Gasteiger charge is -2.02. The minimum atomic E-state index is -0.539. The second kappa shape index (κ2) is 7.78. The van der Waals surface area contributed by atoms with Gasteiger partial charge in [-0.2, -0.15) is 0 Å². The van der Waals surface area contributed by atoms with E-state index in [9.17, 15) is 9.59 Å². The van der Waals surface area contributed by atoms with E-state index in [0.29, 0.717) is 5.75 Å². The number of rotatable bonds is 5. The third kappa shape index (κ3) is 4.97. The lowest BCUT2D eigenvalue weighted by Crippen LogP contribution is -2.05. The Morgan fingerprint density at radius 2 is 1.70 bits per heavy atom. The van der Waals surface area contributed by atoms with E-state index < -0.39 is 5.97 Å². The van der Waals surface area contributed by atoms with Crippen molar-refractivity contribution in [2.45, 2.75) is 6.92 Å². The highest BCUT2D eigenvalue weighted by Gasteiger charge is 2.06. The molecule has 106 valence electrons. The van der Waals surface area contributed by atoms with E-state index in [2.05, 4.69) is 4.74 Å². The Morgan fingerprint density at radius 1 is 1.05 bits per heavy atom. The quantitative estimate of drug-likeness (QED) is 0.271. The number of carbonyl (C=O) groups excluding carboxylic acids is 2. The normalized spacial score (nSPS) is 11.2. The van der Waals surface area contributed by atoms with Gasteiger partial charge in [0.05, 0.1) is 14.2 Å². The van der Waals surface area contributed by atoms with Crippen molar-refractivity contribution < 1.29 is 23.8 Å². The topological polar surface area (TPSA) is 61.8 Å². The van der Waals surface area contributed by atoms with Gasteiger partial charge >= 0.3 is 11.9 Å². The number of carbonyl (C=O) groups is 2. The van der Waals surface area contributed by atoms with Gasteiger partial charge < -0.3 is 14.2 Å². The van der Waals surface area contributed by atoms with Crippen LogP contribution in [0, 0.1) is 0 Å². The van der Waals surface area contributed by atoms with Crippen LogP contribution in [0.5, 0.6) is 5.75 Å². The lowest BCUT2D eigenvalue weighted by molar-refractivity contribution is -0.139. The minimum absolute atomic E-state index is 0.111. The van der Waals surface area contributed by atoms with Gasteiger partial charge in [-0.15, -0.1) is 0 Å². The van der Waals surface area contributed by atoms with Crippen LogP contribution in [-0.2, 0) is 19.1 Å². The number of allylic oxidation sites excluding steroid dienone is 2. The van der Waals surface area contributed by atoms with Gasteiger partial charge in [0.2, 0.25) is 5.76 Å². The molecule has 0 aromatic heterocycles. The Morgan fingerprint density at radius 3 is 2.20 bits per heavy atom. The highest BCUT2D eigenvalue weighted by Crippen LogP contribution is 2.13. The molecule has 0 fully saturated rings. The van der Waals surface area contributed by atoms with Crippen LogP contribution in [0.25, 0.3) is 6.08 Å². The molecule has 20 heavy (non-hydrogen) atoms. The second-order valence-corrected chi connectivity index (χ2v) is 3.75. The molecule has 0 spiro atoms. The molecule has 0 atom stereocenters. The van der Waals surface area contributed by atoms with E-state index in [1.807, 2.05) is 0 Å². The maximum atomic E-state index is 11.2. The fraction of sp³-hybridized carbons (Fsp3) is 0.200. The first-order valence-corrected chi connectivity index (χ1v) is 5.86. The molecule has 0 unspecified atom stereocenters. The molecule has 0 aliphatic heterocycles. The summed E-state index contributed by atoms with van der Waals surface area (Å²) in [5, 5.41) is 0. The third-order valence-electron chi connectivity index (χ3n) is 2.28. The van der Waals surface area contributed by atoms with Gasteiger partial charge in [0.25, 0.3) is 0 Å². The summed E-state index contributed by atoms with van der Waals surface area (Å²) in [6.07, 6.45) is 4.95. The van der Waals surface area contributed by atoms with Crippen molar-refractivity contribution in [1.82, 2.24) is 0 Å². The number of hydrogen-bond acceptors (Lipinski definition) is 5. The molecule has 0 aliphatic carbocycles. The molecule has 0 aliphatic rings. The first-order chi connectivity index (χ1) is 9.56. The molecule has 5 nitrogen and oxygen atoms in total. The zero-order valence-corrected chi connectivity index (χ0v) is 11.6. The molecule has 0 heterocycles. The van der Waals surface area contributed by atoms with Crippen molar-refractivity contribution in [3.05, 3.63) is 47.7 Å². The molecule has 0 amide bonds. The van der Waals surface area contributed by atoms with E-state index in [1.54, 1.807) is 36.4 Å². The standard InChI is InChI=1S/C15H16O5/c1-11(16)20-13-9-7-12(8-10-13)5-4-6-14(18-2)15(17)19-3/h4-10H,1-3H3/b5-4+,14-6-. The van der Waals surface area contributed by atoms with Crippen molar-refractivity contribution >= 4 is 18.0 Å². The monoisotopic (exact) mass is 276 g/mol. The molecular weight excluding hydrogens is 260 g/mol. The van der Waals surface area contributed by atoms with Crippen molar-refractivity contribution in [3.63, 3.8) is 0 Å². The highest BCUT2D eigenvalue weighted by molar-refractivity contribution is 5.86. The van der Waals surface area contributed by atoms with Gasteiger partial charge in [-0.3, -0.25) is 4.79 Å². The van der Waals surface area contributed by atoms with Gasteiger partial charge in [-0.1, -0.05) is 24.3 Å². The van der Waals surface area contributed by atoms with E-state index in [4.69, 9.17) is 9.47 Å². The molecule has 0 radical (unpaired) electrons. The number of ether oxygens (including phenoxy) is 3. The number of benzene rings is 1. The first kappa shape index (κ1) is 15.5. The summed E-state index contributed by atoms with van der Waals surface area (Å²) in [4.78, 5) is 22.0. The minimum Gasteiger partial charge on any atom is -0.490 e. The van der Waals surface area contributed by atoms with Crippen molar-refractivity contribution in [3.8, 4) is 5.75 Å². The van der Waals surface area contributed by atoms with Crippen LogP contribution < -0.4 is 4.74 Å². The van der Waals surface area contributed by atoms with Crippen LogP contribution in [0.1, 0.15) is 12.5 Å². The Balaban J connectivity index is 2.73. The summed E-state index contributed by atoms with van der Waals surface area (Å²) >= 11 is 0. The molecule has 1 rings (SSSR count). The van der Waals surface area contributed by atoms with Gasteiger partial charge in [0.1, 0.15) is 5.75 Å². The summed E-state index contributed by atoms with van der Waals surface area (Å²) in [6.45, 7) is 1.34. The molecule has 0 saturated carbocycles. The van der Waals surface area contributed by atoms with Gasteiger partial charge in [-0.25, -0.2) is 4.79 Å². The first-order valence-electron chi connectivity index (χ1n) is 5.86. The Bertz CT molecular complexity index is 526. The summed E-state index contributed by atoms with van der Waals surface area (Å²) in [5.41, 5.74) is 0.887.